The van der Waals surface area contributed by atoms with Crippen LogP contribution in [-0.4, -0.2) is 44.8 Å². The van der Waals surface area contributed by atoms with Gasteiger partial charge in [0.25, 0.3) is 17.3 Å². The van der Waals surface area contributed by atoms with E-state index in [1.165, 1.54) is 0 Å². The predicted molar refractivity (Wildman–Crippen MR) is 73.6 cm³/mol. The summed E-state index contributed by atoms with van der Waals surface area (Å²) in [6, 6.07) is 2.61. The molecule has 1 N–H and O–H groups in total. The first-order valence-electron chi connectivity index (χ1n) is 6.21. The summed E-state index contributed by atoms with van der Waals surface area (Å²) in [5.74, 6) is -1.80. The highest BCUT2D eigenvalue weighted by Crippen LogP contribution is 2.23. The van der Waals surface area contributed by atoms with Crippen molar-refractivity contribution in [3.05, 3.63) is 44.0 Å². The Labute approximate surface area is 124 Å². The molecular weight excluding hydrogens is 298 g/mol. The van der Waals surface area contributed by atoms with E-state index in [9.17, 15) is 29.8 Å². The van der Waals surface area contributed by atoms with E-state index in [0.29, 0.717) is 0 Å². The van der Waals surface area contributed by atoms with E-state index < -0.39 is 33.1 Å². The van der Waals surface area contributed by atoms with Crippen molar-refractivity contribution in [3.63, 3.8) is 0 Å². The lowest BCUT2D eigenvalue weighted by Crippen LogP contribution is -2.32. The first-order chi connectivity index (χ1) is 10.3. The standard InChI is InChI=1S/C12H13N3O7/c1-2-13(4-3-11(16)17)12(18)8-5-9(14(19)20)7-10(6-8)15(21)22/h5-7H,2-4H2,1H3,(H,16,17). The van der Waals surface area contributed by atoms with Crippen LogP contribution in [0.5, 0.6) is 0 Å². The van der Waals surface area contributed by atoms with Crippen LogP contribution in [0.25, 0.3) is 0 Å². The van der Waals surface area contributed by atoms with E-state index in [4.69, 9.17) is 5.11 Å². The van der Waals surface area contributed by atoms with Gasteiger partial charge in [-0.2, -0.15) is 0 Å². The number of carbonyl (C=O) groups is 2. The van der Waals surface area contributed by atoms with Gasteiger partial charge in [-0.25, -0.2) is 0 Å². The summed E-state index contributed by atoms with van der Waals surface area (Å²) in [7, 11) is 0. The van der Waals surface area contributed by atoms with Gasteiger partial charge in [0.1, 0.15) is 0 Å². The Morgan fingerprint density at radius 3 is 2.00 bits per heavy atom. The lowest BCUT2D eigenvalue weighted by atomic mass is 10.1. The van der Waals surface area contributed by atoms with E-state index in [1.807, 2.05) is 0 Å². The number of amides is 1. The van der Waals surface area contributed by atoms with Gasteiger partial charge in [0.15, 0.2) is 0 Å². The Hall–Kier alpha value is -3.04. The van der Waals surface area contributed by atoms with Crippen molar-refractivity contribution in [1.82, 2.24) is 4.90 Å². The predicted octanol–water partition coefficient (Wildman–Crippen LogP) is 1.44. The second-order valence-corrected chi connectivity index (χ2v) is 4.28. The number of carboxylic acids is 1. The number of nitro groups is 2. The number of non-ortho nitro benzene ring substituents is 2. The van der Waals surface area contributed by atoms with E-state index in [1.54, 1.807) is 6.92 Å². The molecule has 0 saturated carbocycles. The van der Waals surface area contributed by atoms with Crippen LogP contribution in [-0.2, 0) is 4.79 Å². The van der Waals surface area contributed by atoms with Crippen molar-refractivity contribution in [2.45, 2.75) is 13.3 Å². The Morgan fingerprint density at radius 2 is 1.64 bits per heavy atom. The third-order valence-corrected chi connectivity index (χ3v) is 2.84. The summed E-state index contributed by atoms with van der Waals surface area (Å²) >= 11 is 0. The number of hydrogen-bond donors (Lipinski definition) is 1. The topological polar surface area (TPSA) is 144 Å². The number of nitro benzene ring substituents is 2. The Morgan fingerprint density at radius 1 is 1.14 bits per heavy atom. The normalized spacial score (nSPS) is 10.0. The molecule has 0 aliphatic heterocycles. The maximum absolute atomic E-state index is 12.2. The molecule has 0 aromatic heterocycles. The van der Waals surface area contributed by atoms with Crippen LogP contribution >= 0.6 is 0 Å². The average Bonchev–Trinajstić information content (AvgIpc) is 2.46. The van der Waals surface area contributed by atoms with Crippen LogP contribution in [0.4, 0.5) is 11.4 Å². The molecule has 0 aliphatic carbocycles. The van der Waals surface area contributed by atoms with Gasteiger partial charge in [-0.1, -0.05) is 0 Å². The number of aliphatic carboxylic acids is 1. The minimum absolute atomic E-state index is 0.0961. The van der Waals surface area contributed by atoms with Crippen LogP contribution < -0.4 is 0 Å². The lowest BCUT2D eigenvalue weighted by Gasteiger charge is -2.19. The molecule has 1 amide bonds. The third kappa shape index (κ3) is 4.23. The van der Waals surface area contributed by atoms with Crippen LogP contribution in [0.15, 0.2) is 18.2 Å². The first-order valence-corrected chi connectivity index (χ1v) is 6.21. The highest BCUT2D eigenvalue weighted by atomic mass is 16.6. The van der Waals surface area contributed by atoms with Gasteiger partial charge in [0.05, 0.1) is 27.9 Å². The molecule has 0 saturated heterocycles. The van der Waals surface area contributed by atoms with Crippen molar-refractivity contribution in [2.75, 3.05) is 13.1 Å². The van der Waals surface area contributed by atoms with E-state index in [-0.39, 0.29) is 25.1 Å². The molecule has 1 aromatic rings. The van der Waals surface area contributed by atoms with E-state index >= 15 is 0 Å². The number of nitrogens with zero attached hydrogens (tertiary/aromatic N) is 3. The van der Waals surface area contributed by atoms with Gasteiger partial charge >= 0.3 is 5.97 Å². The fourth-order valence-electron chi connectivity index (χ4n) is 1.75. The first kappa shape index (κ1) is 17.0. The number of carbonyl (C=O) groups excluding carboxylic acids is 1. The monoisotopic (exact) mass is 311 g/mol. The fourth-order valence-corrected chi connectivity index (χ4v) is 1.75. The third-order valence-electron chi connectivity index (χ3n) is 2.84. The number of rotatable bonds is 7. The number of benzene rings is 1. The zero-order valence-corrected chi connectivity index (χ0v) is 11.6. The van der Waals surface area contributed by atoms with E-state index in [2.05, 4.69) is 0 Å². The van der Waals surface area contributed by atoms with Gasteiger partial charge in [0, 0.05) is 25.2 Å². The van der Waals surface area contributed by atoms with Gasteiger partial charge < -0.3 is 10.0 Å². The molecule has 1 aromatic carbocycles. The Kier molecular flexibility index (Phi) is 5.50. The molecular formula is C12H13N3O7. The molecule has 1 rings (SSSR count). The number of hydrogen-bond acceptors (Lipinski definition) is 6. The highest BCUT2D eigenvalue weighted by molar-refractivity contribution is 5.95. The molecule has 10 nitrogen and oxygen atoms in total. The van der Waals surface area contributed by atoms with Gasteiger partial charge in [-0.3, -0.25) is 29.8 Å². The van der Waals surface area contributed by atoms with Gasteiger partial charge in [-0.15, -0.1) is 0 Å². The molecule has 22 heavy (non-hydrogen) atoms. The summed E-state index contributed by atoms with van der Waals surface area (Å²) < 4.78 is 0. The van der Waals surface area contributed by atoms with Crippen molar-refractivity contribution in [2.24, 2.45) is 0 Å². The van der Waals surface area contributed by atoms with Gasteiger partial charge in [-0.05, 0) is 6.92 Å². The van der Waals surface area contributed by atoms with Crippen LogP contribution in [0, 0.1) is 20.2 Å². The second-order valence-electron chi connectivity index (χ2n) is 4.28. The molecule has 0 radical (unpaired) electrons. The summed E-state index contributed by atoms with van der Waals surface area (Å²) in [5.41, 5.74) is -1.38. The second kappa shape index (κ2) is 7.11. The smallest absolute Gasteiger partial charge is 0.305 e. The maximum atomic E-state index is 12.2. The summed E-state index contributed by atoms with van der Waals surface area (Å²) in [6.07, 6.45) is -0.295. The van der Waals surface area contributed by atoms with Gasteiger partial charge in [0.2, 0.25) is 0 Å². The quantitative estimate of drug-likeness (QED) is 0.592. The largest absolute Gasteiger partial charge is 0.481 e. The van der Waals surface area contributed by atoms with Crippen LogP contribution in [0.2, 0.25) is 0 Å². The van der Waals surface area contributed by atoms with Crippen molar-refractivity contribution in [3.8, 4) is 0 Å². The Balaban J connectivity index is 3.17. The molecule has 0 atom stereocenters. The van der Waals surface area contributed by atoms with Crippen molar-refractivity contribution < 1.29 is 24.5 Å². The molecule has 0 aliphatic rings. The lowest BCUT2D eigenvalue weighted by molar-refractivity contribution is -0.394. The molecule has 0 spiro atoms. The summed E-state index contributed by atoms with van der Waals surface area (Å²) in [4.78, 5) is 43.8. The minimum atomic E-state index is -1.10. The average molecular weight is 311 g/mol. The minimum Gasteiger partial charge on any atom is -0.481 e. The SMILES string of the molecule is CCN(CCC(=O)O)C(=O)c1cc([N+](=O)[O-])cc([N+](=O)[O-])c1. The zero-order chi connectivity index (χ0) is 16.9. The maximum Gasteiger partial charge on any atom is 0.305 e. The van der Waals surface area contributed by atoms with Crippen LogP contribution in [0.3, 0.4) is 0 Å². The highest BCUT2D eigenvalue weighted by Gasteiger charge is 2.22. The molecule has 0 heterocycles. The summed E-state index contributed by atoms with van der Waals surface area (Å²) in [6.45, 7) is 1.68. The zero-order valence-electron chi connectivity index (χ0n) is 11.6. The fraction of sp³-hybridized carbons (Fsp3) is 0.333. The Bertz CT molecular complexity index is 597. The van der Waals surface area contributed by atoms with E-state index in [0.717, 1.165) is 23.1 Å². The van der Waals surface area contributed by atoms with Crippen LogP contribution in [0.1, 0.15) is 23.7 Å². The summed E-state index contributed by atoms with van der Waals surface area (Å²) in [5, 5.41) is 30.2. The molecule has 0 fully saturated rings. The molecule has 118 valence electrons. The van der Waals surface area contributed by atoms with Crippen molar-refractivity contribution >= 4 is 23.3 Å². The molecule has 0 bridgehead atoms. The molecule has 10 heteroatoms. The number of carboxylic acid groups (broad SMARTS) is 1. The van der Waals surface area contributed by atoms with Crippen molar-refractivity contribution in [1.29, 1.82) is 0 Å². The molecule has 0 unspecified atom stereocenters.